The highest BCUT2D eigenvalue weighted by atomic mass is 16.6. The maximum Gasteiger partial charge on any atom is 0.417 e. The van der Waals surface area contributed by atoms with Crippen LogP contribution in [0, 0.1) is 20.8 Å². The molecule has 0 aromatic heterocycles. The minimum absolute atomic E-state index is 0.0266. The van der Waals surface area contributed by atoms with Gasteiger partial charge in [-0.1, -0.05) is 17.7 Å². The summed E-state index contributed by atoms with van der Waals surface area (Å²) in [5, 5.41) is 0. The fourth-order valence-electron chi connectivity index (χ4n) is 3.72. The van der Waals surface area contributed by atoms with E-state index < -0.39 is 6.09 Å². The second-order valence-corrected chi connectivity index (χ2v) is 6.62. The van der Waals surface area contributed by atoms with Crippen LogP contribution in [0.2, 0.25) is 0 Å². The van der Waals surface area contributed by atoms with E-state index in [1.807, 2.05) is 37.8 Å². The van der Waals surface area contributed by atoms with Crippen molar-refractivity contribution in [3.8, 4) is 0 Å². The van der Waals surface area contributed by atoms with Gasteiger partial charge in [0.1, 0.15) is 0 Å². The van der Waals surface area contributed by atoms with Crippen molar-refractivity contribution in [2.45, 2.75) is 39.7 Å². The van der Waals surface area contributed by atoms with E-state index in [0.29, 0.717) is 25.9 Å². The molecule has 0 unspecified atom stereocenters. The number of likely N-dealkylation sites (tertiary alicyclic amines) is 1. The van der Waals surface area contributed by atoms with E-state index in [9.17, 15) is 14.4 Å². The molecule has 6 nitrogen and oxygen atoms in total. The van der Waals surface area contributed by atoms with Gasteiger partial charge in [0.2, 0.25) is 0 Å². The fraction of sp³-hybridized carbons (Fsp3) is 0.500. The number of ether oxygens (including phenoxy) is 1. The highest BCUT2D eigenvalue weighted by Crippen LogP contribution is 2.24. The van der Waals surface area contributed by atoms with Gasteiger partial charge < -0.3 is 9.64 Å². The van der Waals surface area contributed by atoms with Crippen molar-refractivity contribution in [1.29, 1.82) is 0 Å². The molecule has 128 valence electrons. The molecule has 2 heterocycles. The van der Waals surface area contributed by atoms with Gasteiger partial charge in [0, 0.05) is 24.7 Å². The molecule has 3 amide bonds. The van der Waals surface area contributed by atoms with Gasteiger partial charge in [0.15, 0.2) is 6.61 Å². The molecule has 6 heteroatoms. The molecule has 24 heavy (non-hydrogen) atoms. The Labute approximate surface area is 141 Å². The van der Waals surface area contributed by atoms with Gasteiger partial charge >= 0.3 is 6.09 Å². The van der Waals surface area contributed by atoms with Crippen molar-refractivity contribution < 1.29 is 19.1 Å². The molecule has 2 aliphatic rings. The first-order valence-electron chi connectivity index (χ1n) is 8.24. The van der Waals surface area contributed by atoms with Crippen LogP contribution in [0.5, 0.6) is 0 Å². The third-order valence-corrected chi connectivity index (χ3v) is 4.79. The lowest BCUT2D eigenvalue weighted by atomic mass is 9.97. The Morgan fingerprint density at radius 3 is 2.17 bits per heavy atom. The van der Waals surface area contributed by atoms with E-state index >= 15 is 0 Å². The standard InChI is InChI=1S/C18H22N2O4/c1-11-8-12(2)16(13(3)9-11)17(22)19-6-4-14(5-7-19)20-15(21)10-24-18(20)23/h8-9,14H,4-7,10H2,1-3H3. The molecule has 0 radical (unpaired) electrons. The molecule has 0 saturated carbocycles. The lowest BCUT2D eigenvalue weighted by molar-refractivity contribution is -0.127. The van der Waals surface area contributed by atoms with E-state index in [1.54, 1.807) is 0 Å². The van der Waals surface area contributed by atoms with Crippen LogP contribution in [0.25, 0.3) is 0 Å². The monoisotopic (exact) mass is 330 g/mol. The molecule has 3 rings (SSSR count). The largest absolute Gasteiger partial charge is 0.439 e. The summed E-state index contributed by atoms with van der Waals surface area (Å²) in [6.07, 6.45) is 0.627. The summed E-state index contributed by atoms with van der Waals surface area (Å²) in [6.45, 7) is 6.84. The topological polar surface area (TPSA) is 66.9 Å². The molecular weight excluding hydrogens is 308 g/mol. The predicted octanol–water partition coefficient (Wildman–Crippen LogP) is 2.20. The van der Waals surface area contributed by atoms with E-state index in [1.165, 1.54) is 4.90 Å². The minimum Gasteiger partial charge on any atom is -0.439 e. The molecule has 0 spiro atoms. The number of carbonyl (C=O) groups excluding carboxylic acids is 3. The number of hydrogen-bond donors (Lipinski definition) is 0. The summed E-state index contributed by atoms with van der Waals surface area (Å²) in [5.74, 6) is -0.256. The third-order valence-electron chi connectivity index (χ3n) is 4.79. The average Bonchev–Trinajstić information content (AvgIpc) is 2.85. The van der Waals surface area contributed by atoms with Crippen molar-refractivity contribution in [3.63, 3.8) is 0 Å². The zero-order valence-electron chi connectivity index (χ0n) is 14.3. The van der Waals surface area contributed by atoms with Crippen molar-refractivity contribution >= 4 is 17.9 Å². The van der Waals surface area contributed by atoms with Gasteiger partial charge in [-0.05, 0) is 44.7 Å². The molecule has 0 aliphatic carbocycles. The number of carbonyl (C=O) groups is 3. The van der Waals surface area contributed by atoms with E-state index in [-0.39, 0.29) is 24.5 Å². The Morgan fingerprint density at radius 2 is 1.67 bits per heavy atom. The summed E-state index contributed by atoms with van der Waals surface area (Å²) in [6, 6.07) is 3.87. The van der Waals surface area contributed by atoms with E-state index in [0.717, 1.165) is 22.3 Å². The summed E-state index contributed by atoms with van der Waals surface area (Å²) in [7, 11) is 0. The second-order valence-electron chi connectivity index (χ2n) is 6.62. The number of hydrogen-bond acceptors (Lipinski definition) is 4. The number of aryl methyl sites for hydroxylation is 3. The molecular formula is C18H22N2O4. The van der Waals surface area contributed by atoms with Gasteiger partial charge in [-0.15, -0.1) is 0 Å². The van der Waals surface area contributed by atoms with Gasteiger partial charge in [-0.2, -0.15) is 0 Å². The SMILES string of the molecule is Cc1cc(C)c(C(=O)N2CCC(N3C(=O)COC3=O)CC2)c(C)c1. The minimum atomic E-state index is -0.560. The summed E-state index contributed by atoms with van der Waals surface area (Å²) < 4.78 is 4.77. The molecule has 0 N–H and O–H groups in total. The molecule has 0 atom stereocenters. The third kappa shape index (κ3) is 2.88. The number of imide groups is 1. The van der Waals surface area contributed by atoms with Crippen LogP contribution in [0.1, 0.15) is 39.9 Å². The number of piperidine rings is 1. The van der Waals surface area contributed by atoms with Crippen LogP contribution < -0.4 is 0 Å². The predicted molar refractivity (Wildman–Crippen MR) is 87.8 cm³/mol. The van der Waals surface area contributed by atoms with Crippen LogP contribution in [0.3, 0.4) is 0 Å². The van der Waals surface area contributed by atoms with E-state index in [2.05, 4.69) is 0 Å². The zero-order chi connectivity index (χ0) is 17.4. The normalized spacial score (nSPS) is 19.0. The average molecular weight is 330 g/mol. The number of benzene rings is 1. The maximum absolute atomic E-state index is 12.9. The van der Waals surface area contributed by atoms with Crippen LogP contribution in [-0.2, 0) is 9.53 Å². The smallest absolute Gasteiger partial charge is 0.417 e. The second kappa shape index (κ2) is 6.26. The number of amides is 3. The van der Waals surface area contributed by atoms with Crippen LogP contribution >= 0.6 is 0 Å². The lowest BCUT2D eigenvalue weighted by Crippen LogP contribution is -2.48. The van der Waals surface area contributed by atoms with E-state index in [4.69, 9.17) is 4.74 Å². The van der Waals surface area contributed by atoms with Crippen LogP contribution in [0.15, 0.2) is 12.1 Å². The van der Waals surface area contributed by atoms with Crippen molar-refractivity contribution in [3.05, 3.63) is 34.4 Å². The Morgan fingerprint density at radius 1 is 1.08 bits per heavy atom. The first-order chi connectivity index (χ1) is 11.4. The Hall–Kier alpha value is -2.37. The van der Waals surface area contributed by atoms with Gasteiger partial charge in [0.25, 0.3) is 11.8 Å². The van der Waals surface area contributed by atoms with Gasteiger partial charge in [-0.25, -0.2) is 9.69 Å². The number of nitrogens with zero attached hydrogens (tertiary/aromatic N) is 2. The van der Waals surface area contributed by atoms with Crippen molar-refractivity contribution in [2.24, 2.45) is 0 Å². The molecule has 2 aliphatic heterocycles. The number of cyclic esters (lactones) is 1. The molecule has 1 aromatic rings. The quantitative estimate of drug-likeness (QED) is 0.834. The molecule has 0 bridgehead atoms. The Balaban J connectivity index is 1.70. The molecule has 1 aromatic carbocycles. The maximum atomic E-state index is 12.9. The Bertz CT molecular complexity index is 666. The fourth-order valence-corrected chi connectivity index (χ4v) is 3.72. The van der Waals surface area contributed by atoms with Gasteiger partial charge in [-0.3, -0.25) is 9.59 Å². The highest BCUT2D eigenvalue weighted by Gasteiger charge is 2.39. The zero-order valence-corrected chi connectivity index (χ0v) is 14.3. The van der Waals surface area contributed by atoms with Crippen LogP contribution in [0.4, 0.5) is 4.79 Å². The highest BCUT2D eigenvalue weighted by molar-refractivity contribution is 5.98. The van der Waals surface area contributed by atoms with Crippen molar-refractivity contribution in [2.75, 3.05) is 19.7 Å². The first-order valence-corrected chi connectivity index (χ1v) is 8.24. The first kappa shape index (κ1) is 16.5. The molecule has 2 fully saturated rings. The molecule has 2 saturated heterocycles. The van der Waals surface area contributed by atoms with Gasteiger partial charge in [0.05, 0.1) is 0 Å². The lowest BCUT2D eigenvalue weighted by Gasteiger charge is -2.35. The summed E-state index contributed by atoms with van der Waals surface area (Å²) in [4.78, 5) is 39.3. The number of rotatable bonds is 2. The van der Waals surface area contributed by atoms with Crippen molar-refractivity contribution in [1.82, 2.24) is 9.80 Å². The summed E-state index contributed by atoms with van der Waals surface area (Å²) in [5.41, 5.74) is 3.87. The summed E-state index contributed by atoms with van der Waals surface area (Å²) >= 11 is 0. The van der Waals surface area contributed by atoms with Crippen LogP contribution in [-0.4, -0.2) is 53.4 Å². The Kier molecular flexibility index (Phi) is 4.30.